The highest BCUT2D eigenvalue weighted by molar-refractivity contribution is 7.86. The molecule has 0 aliphatic carbocycles. The van der Waals surface area contributed by atoms with Crippen LogP contribution >= 0.6 is 11.6 Å². The van der Waals surface area contributed by atoms with Gasteiger partial charge in [-0.15, -0.1) is 0 Å². The summed E-state index contributed by atoms with van der Waals surface area (Å²) < 4.78 is 49.4. The topological polar surface area (TPSA) is 75.6 Å². The number of aliphatic hydroxyl groups is 1. The summed E-state index contributed by atoms with van der Waals surface area (Å²) in [6, 6.07) is 11.0. The van der Waals surface area contributed by atoms with Crippen LogP contribution in [-0.4, -0.2) is 22.7 Å². The van der Waals surface area contributed by atoms with Crippen LogP contribution < -0.4 is 9.46 Å². The Morgan fingerprint density at radius 3 is 2.53 bits per heavy atom. The Morgan fingerprint density at radius 2 is 1.87 bits per heavy atom. The van der Waals surface area contributed by atoms with Crippen LogP contribution in [0.2, 0.25) is 5.02 Å². The zero-order valence-corrected chi connectivity index (χ0v) is 17.2. The van der Waals surface area contributed by atoms with E-state index >= 15 is 0 Å². The lowest BCUT2D eigenvalue weighted by molar-refractivity contribution is 0.112. The van der Waals surface area contributed by atoms with Crippen LogP contribution in [-0.2, 0) is 17.6 Å². The maximum absolute atomic E-state index is 14.5. The maximum Gasteiger partial charge on any atom is 0.155 e. The molecule has 0 spiro atoms. The van der Waals surface area contributed by atoms with Crippen molar-refractivity contribution in [2.45, 2.75) is 11.5 Å². The number of carbonyl (C=O) groups is 1. The van der Waals surface area contributed by atoms with E-state index in [1.807, 2.05) is 0 Å². The van der Waals surface area contributed by atoms with Crippen molar-refractivity contribution in [3.8, 4) is 16.9 Å². The van der Waals surface area contributed by atoms with Gasteiger partial charge in [-0.25, -0.2) is 13.0 Å². The molecule has 30 heavy (non-hydrogen) atoms. The van der Waals surface area contributed by atoms with Gasteiger partial charge in [0.2, 0.25) is 0 Å². The molecule has 0 saturated carbocycles. The number of aliphatic hydroxyl groups excluding tert-OH is 1. The number of rotatable bonds is 7. The lowest BCUT2D eigenvalue weighted by Crippen LogP contribution is -2.09. The first-order valence-corrected chi connectivity index (χ1v) is 10.1. The molecule has 9 heteroatoms. The van der Waals surface area contributed by atoms with Crippen LogP contribution in [0.15, 0.2) is 53.4 Å². The van der Waals surface area contributed by atoms with Gasteiger partial charge in [-0.1, -0.05) is 35.9 Å². The van der Waals surface area contributed by atoms with Crippen LogP contribution in [0.5, 0.6) is 5.75 Å². The Kier molecular flexibility index (Phi) is 6.81. The van der Waals surface area contributed by atoms with Gasteiger partial charge >= 0.3 is 0 Å². The number of hydrogen-bond acceptors (Lipinski definition) is 4. The summed E-state index contributed by atoms with van der Waals surface area (Å²) in [5, 5.41) is 9.57. The fraction of sp³-hybridized carbons (Fsp3) is 0.0952. The van der Waals surface area contributed by atoms with Gasteiger partial charge in [0.05, 0.1) is 24.4 Å². The molecule has 0 aromatic heterocycles. The van der Waals surface area contributed by atoms with Gasteiger partial charge in [-0.05, 0) is 29.3 Å². The van der Waals surface area contributed by atoms with Gasteiger partial charge in [0.25, 0.3) is 0 Å². The second-order valence-electron chi connectivity index (χ2n) is 6.15. The minimum atomic E-state index is -2.09. The van der Waals surface area contributed by atoms with E-state index < -0.39 is 22.6 Å². The first-order chi connectivity index (χ1) is 14.4. The van der Waals surface area contributed by atoms with Gasteiger partial charge in [0, 0.05) is 17.2 Å². The Balaban J connectivity index is 2.05. The lowest BCUT2D eigenvalue weighted by atomic mass is 9.99. The van der Waals surface area contributed by atoms with Gasteiger partial charge < -0.3 is 9.84 Å². The molecule has 156 valence electrons. The molecule has 3 rings (SSSR count). The molecule has 3 aromatic rings. The number of halogens is 3. The molecule has 0 radical (unpaired) electrons. The molecule has 2 N–H and O–H groups in total. The van der Waals surface area contributed by atoms with Crippen molar-refractivity contribution in [2.75, 3.05) is 11.8 Å². The third-order valence-corrected chi connectivity index (χ3v) is 5.70. The quantitative estimate of drug-likeness (QED) is 0.509. The Hall–Kier alpha value is -2.81. The molecule has 3 aromatic carbocycles. The molecule has 0 aliphatic heterocycles. The standard InChI is InChI=1S/C21H16ClF2NO4S/c1-29-21-16(22)6-12(10-26)7-20(21)30(28)25-19-8-15(17(23)9-18(19)24)14-5-3-2-4-13(14)11-27/h2-10,25,27H,11H2,1H3. The van der Waals surface area contributed by atoms with Crippen LogP contribution in [0.4, 0.5) is 14.5 Å². The van der Waals surface area contributed by atoms with E-state index in [1.165, 1.54) is 19.2 Å². The van der Waals surface area contributed by atoms with Crippen LogP contribution in [0.1, 0.15) is 15.9 Å². The number of anilines is 1. The fourth-order valence-electron chi connectivity index (χ4n) is 2.90. The summed E-state index contributed by atoms with van der Waals surface area (Å²) in [6.45, 7) is -0.337. The summed E-state index contributed by atoms with van der Waals surface area (Å²) in [4.78, 5) is 11.1. The third kappa shape index (κ3) is 4.35. The highest BCUT2D eigenvalue weighted by atomic mass is 35.5. The third-order valence-electron chi connectivity index (χ3n) is 4.31. The van der Waals surface area contributed by atoms with Crippen LogP contribution in [0.25, 0.3) is 11.1 Å². The number of methoxy groups -OCH3 is 1. The molecular formula is C21H16ClF2NO4S. The first-order valence-electron chi connectivity index (χ1n) is 8.59. The number of nitrogens with one attached hydrogen (secondary N) is 1. The van der Waals surface area contributed by atoms with Crippen LogP contribution in [0.3, 0.4) is 0 Å². The summed E-state index contributed by atoms with van der Waals surface area (Å²) in [6.07, 6.45) is 0.522. The number of aldehydes is 1. The van der Waals surface area contributed by atoms with E-state index in [1.54, 1.807) is 24.3 Å². The van der Waals surface area contributed by atoms with Gasteiger partial charge in [0.1, 0.15) is 22.8 Å². The summed E-state index contributed by atoms with van der Waals surface area (Å²) in [7, 11) is -0.776. The van der Waals surface area contributed by atoms with Crippen molar-refractivity contribution in [2.24, 2.45) is 0 Å². The minimum absolute atomic E-state index is 0.0205. The normalized spacial score (nSPS) is 11.8. The van der Waals surface area contributed by atoms with Crippen molar-refractivity contribution in [1.82, 2.24) is 0 Å². The monoisotopic (exact) mass is 451 g/mol. The SMILES string of the molecule is COc1c(Cl)cc(C=O)cc1S(=O)Nc1cc(-c2ccccc2CO)c(F)cc1F. The highest BCUT2D eigenvalue weighted by Crippen LogP contribution is 2.35. The largest absolute Gasteiger partial charge is 0.494 e. The number of benzene rings is 3. The molecule has 0 fully saturated rings. The smallest absolute Gasteiger partial charge is 0.155 e. The van der Waals surface area contributed by atoms with E-state index in [4.69, 9.17) is 16.3 Å². The molecule has 0 heterocycles. The molecule has 5 nitrogen and oxygen atoms in total. The van der Waals surface area contributed by atoms with Crippen molar-refractivity contribution in [3.05, 3.63) is 76.3 Å². The van der Waals surface area contributed by atoms with Gasteiger partial charge in [-0.3, -0.25) is 9.52 Å². The Bertz CT molecular complexity index is 1140. The number of ether oxygens (including phenoxy) is 1. The minimum Gasteiger partial charge on any atom is -0.494 e. The molecule has 1 atom stereocenters. The molecule has 0 aliphatic rings. The Labute approximate surface area is 178 Å². The predicted molar refractivity (Wildman–Crippen MR) is 111 cm³/mol. The van der Waals surface area contributed by atoms with E-state index in [-0.39, 0.29) is 39.1 Å². The average Bonchev–Trinajstić information content (AvgIpc) is 2.74. The second-order valence-corrected chi connectivity index (χ2v) is 7.74. The second kappa shape index (κ2) is 9.34. The maximum atomic E-state index is 14.5. The van der Waals surface area contributed by atoms with E-state index in [0.717, 1.165) is 6.07 Å². The molecule has 0 bridgehead atoms. The number of carbonyl (C=O) groups excluding carboxylic acids is 1. The van der Waals surface area contributed by atoms with E-state index in [9.17, 15) is 22.9 Å². The summed E-state index contributed by atoms with van der Waals surface area (Å²) in [5.74, 6) is -1.75. The molecule has 1 unspecified atom stereocenters. The van der Waals surface area contributed by atoms with Crippen molar-refractivity contribution in [3.63, 3.8) is 0 Å². The van der Waals surface area contributed by atoms with Crippen molar-refractivity contribution in [1.29, 1.82) is 0 Å². The van der Waals surface area contributed by atoms with Gasteiger partial charge in [0.15, 0.2) is 16.7 Å². The van der Waals surface area contributed by atoms with Crippen molar-refractivity contribution >= 4 is 34.6 Å². The van der Waals surface area contributed by atoms with E-state index in [2.05, 4.69) is 4.72 Å². The zero-order valence-electron chi connectivity index (χ0n) is 15.6. The predicted octanol–water partition coefficient (Wildman–Crippen LogP) is 4.73. The summed E-state index contributed by atoms with van der Waals surface area (Å²) >= 11 is 6.06. The Morgan fingerprint density at radius 1 is 1.13 bits per heavy atom. The fourth-order valence-corrected chi connectivity index (χ4v) is 4.33. The average molecular weight is 452 g/mol. The molecule has 0 amide bonds. The zero-order chi connectivity index (χ0) is 21.8. The summed E-state index contributed by atoms with van der Waals surface area (Å²) in [5.41, 5.74) is 0.750. The lowest BCUT2D eigenvalue weighted by Gasteiger charge is -2.15. The molecule has 0 saturated heterocycles. The van der Waals surface area contributed by atoms with E-state index in [0.29, 0.717) is 23.5 Å². The van der Waals surface area contributed by atoms with Crippen molar-refractivity contribution < 1.29 is 27.6 Å². The van der Waals surface area contributed by atoms with Crippen LogP contribution in [0, 0.1) is 11.6 Å². The first kappa shape index (κ1) is 21.9. The molecular weight excluding hydrogens is 436 g/mol. The highest BCUT2D eigenvalue weighted by Gasteiger charge is 2.19. The number of hydrogen-bond donors (Lipinski definition) is 2. The van der Waals surface area contributed by atoms with Gasteiger partial charge in [-0.2, -0.15) is 0 Å².